The number of carbonyl (C=O) groups is 1. The summed E-state index contributed by atoms with van der Waals surface area (Å²) in [7, 11) is 0. The third-order valence-corrected chi connectivity index (χ3v) is 4.12. The molecule has 23 heavy (non-hydrogen) atoms. The summed E-state index contributed by atoms with van der Waals surface area (Å²) < 4.78 is 1.59. The molecule has 1 N–H and O–H groups in total. The van der Waals surface area contributed by atoms with Gasteiger partial charge in [-0.15, -0.1) is 5.10 Å². The maximum atomic E-state index is 12.1. The molecule has 1 saturated heterocycles. The van der Waals surface area contributed by atoms with Crippen molar-refractivity contribution in [3.8, 4) is 0 Å². The molecule has 0 unspecified atom stereocenters. The molecule has 1 aliphatic rings. The highest BCUT2D eigenvalue weighted by Gasteiger charge is 2.11. The van der Waals surface area contributed by atoms with Crippen LogP contribution >= 0.6 is 0 Å². The van der Waals surface area contributed by atoms with Gasteiger partial charge in [0, 0.05) is 30.9 Å². The van der Waals surface area contributed by atoms with E-state index in [0.717, 1.165) is 13.1 Å². The number of rotatable bonds is 5. The molecule has 1 aliphatic heterocycles. The van der Waals surface area contributed by atoms with Gasteiger partial charge in [-0.1, -0.05) is 12.8 Å². The maximum Gasteiger partial charge on any atom is 0.251 e. The molecule has 0 atom stereocenters. The zero-order valence-electron chi connectivity index (χ0n) is 13.2. The highest BCUT2D eigenvalue weighted by atomic mass is 16.1. The highest BCUT2D eigenvalue weighted by molar-refractivity contribution is 5.94. The lowest BCUT2D eigenvalue weighted by molar-refractivity contribution is 0.0952. The van der Waals surface area contributed by atoms with Crippen LogP contribution in [0.15, 0.2) is 30.6 Å². The number of tetrazole rings is 1. The Labute approximate surface area is 135 Å². The van der Waals surface area contributed by atoms with Gasteiger partial charge < -0.3 is 10.2 Å². The lowest BCUT2D eigenvalue weighted by Crippen LogP contribution is -2.27. The van der Waals surface area contributed by atoms with Crippen LogP contribution in [0.3, 0.4) is 0 Å². The second-order valence-electron chi connectivity index (χ2n) is 5.78. The Balaban J connectivity index is 1.52. The fourth-order valence-corrected chi connectivity index (χ4v) is 2.82. The lowest BCUT2D eigenvalue weighted by Gasteiger charge is -2.22. The predicted octanol–water partition coefficient (Wildman–Crippen LogP) is 1.48. The van der Waals surface area contributed by atoms with Crippen LogP contribution in [0.2, 0.25) is 0 Å². The average molecular weight is 314 g/mol. The molecule has 7 nitrogen and oxygen atoms in total. The maximum absolute atomic E-state index is 12.1. The van der Waals surface area contributed by atoms with E-state index in [0.29, 0.717) is 18.7 Å². The minimum absolute atomic E-state index is 0.0690. The number of hydrogen-bond donors (Lipinski definition) is 1. The van der Waals surface area contributed by atoms with E-state index in [-0.39, 0.29) is 5.91 Å². The first-order chi connectivity index (χ1) is 11.3. The first-order valence-corrected chi connectivity index (χ1v) is 8.17. The van der Waals surface area contributed by atoms with Gasteiger partial charge in [-0.3, -0.25) is 4.79 Å². The number of hydrogen-bond acceptors (Lipinski definition) is 5. The number of anilines is 1. The quantitative estimate of drug-likeness (QED) is 0.905. The number of carbonyl (C=O) groups excluding carboxylic acids is 1. The van der Waals surface area contributed by atoms with Gasteiger partial charge in [0.2, 0.25) is 0 Å². The van der Waals surface area contributed by atoms with E-state index in [1.54, 1.807) is 4.68 Å². The molecular weight excluding hydrogens is 292 g/mol. The molecule has 0 saturated carbocycles. The van der Waals surface area contributed by atoms with Crippen LogP contribution in [0, 0.1) is 0 Å². The van der Waals surface area contributed by atoms with Crippen LogP contribution in [0.5, 0.6) is 0 Å². The van der Waals surface area contributed by atoms with Crippen LogP contribution < -0.4 is 10.2 Å². The van der Waals surface area contributed by atoms with Crippen LogP contribution in [0.25, 0.3) is 0 Å². The smallest absolute Gasteiger partial charge is 0.251 e. The van der Waals surface area contributed by atoms with Crippen LogP contribution in [0.4, 0.5) is 5.69 Å². The topological polar surface area (TPSA) is 75.9 Å². The van der Waals surface area contributed by atoms with Crippen molar-refractivity contribution in [3.05, 3.63) is 36.2 Å². The Kier molecular flexibility index (Phi) is 5.18. The van der Waals surface area contributed by atoms with Gasteiger partial charge in [0.1, 0.15) is 6.33 Å². The number of nitrogens with one attached hydrogen (secondary N) is 1. The molecule has 1 aromatic heterocycles. The summed E-state index contributed by atoms with van der Waals surface area (Å²) in [5.74, 6) is -0.0690. The van der Waals surface area contributed by atoms with E-state index in [2.05, 4.69) is 25.7 Å². The first kappa shape index (κ1) is 15.5. The molecule has 1 fully saturated rings. The summed E-state index contributed by atoms with van der Waals surface area (Å²) in [6.07, 6.45) is 6.66. The molecule has 1 amide bonds. The van der Waals surface area contributed by atoms with E-state index in [9.17, 15) is 4.79 Å². The zero-order valence-corrected chi connectivity index (χ0v) is 13.2. The SMILES string of the molecule is O=C(NCCn1cnnn1)c1ccc(N2CCCCCC2)cc1. The molecule has 0 bridgehead atoms. The molecular formula is C16H22N6O. The summed E-state index contributed by atoms with van der Waals surface area (Å²) in [6, 6.07) is 7.88. The molecule has 0 radical (unpaired) electrons. The van der Waals surface area contributed by atoms with E-state index in [1.807, 2.05) is 24.3 Å². The van der Waals surface area contributed by atoms with Gasteiger partial charge in [-0.25, -0.2) is 4.68 Å². The van der Waals surface area contributed by atoms with Gasteiger partial charge >= 0.3 is 0 Å². The summed E-state index contributed by atoms with van der Waals surface area (Å²) in [4.78, 5) is 14.5. The average Bonchev–Trinajstić information content (AvgIpc) is 2.95. The minimum Gasteiger partial charge on any atom is -0.372 e. The Morgan fingerprint density at radius 1 is 1.09 bits per heavy atom. The number of nitrogens with zero attached hydrogens (tertiary/aromatic N) is 5. The van der Waals surface area contributed by atoms with Gasteiger partial charge in [0.25, 0.3) is 5.91 Å². The van der Waals surface area contributed by atoms with Crippen molar-refractivity contribution in [1.29, 1.82) is 0 Å². The lowest BCUT2D eigenvalue weighted by atomic mass is 10.1. The largest absolute Gasteiger partial charge is 0.372 e. The van der Waals surface area contributed by atoms with E-state index < -0.39 is 0 Å². The summed E-state index contributed by atoms with van der Waals surface area (Å²) in [5, 5.41) is 13.7. The molecule has 2 heterocycles. The van der Waals surface area contributed by atoms with E-state index in [4.69, 9.17) is 0 Å². The van der Waals surface area contributed by atoms with Crippen molar-refractivity contribution < 1.29 is 4.79 Å². The van der Waals surface area contributed by atoms with Crippen molar-refractivity contribution >= 4 is 11.6 Å². The molecule has 0 aliphatic carbocycles. The minimum atomic E-state index is -0.0690. The van der Waals surface area contributed by atoms with E-state index in [1.165, 1.54) is 37.7 Å². The zero-order chi connectivity index (χ0) is 15.9. The summed E-state index contributed by atoms with van der Waals surface area (Å²) >= 11 is 0. The van der Waals surface area contributed by atoms with Crippen LogP contribution in [-0.2, 0) is 6.54 Å². The van der Waals surface area contributed by atoms with Crippen molar-refractivity contribution in [2.45, 2.75) is 32.2 Å². The second kappa shape index (κ2) is 7.71. The van der Waals surface area contributed by atoms with Gasteiger partial charge in [-0.2, -0.15) is 0 Å². The van der Waals surface area contributed by atoms with Gasteiger partial charge in [0.15, 0.2) is 0 Å². The molecule has 1 aromatic carbocycles. The normalized spacial score (nSPS) is 15.2. The summed E-state index contributed by atoms with van der Waals surface area (Å²) in [6.45, 7) is 3.28. The molecule has 7 heteroatoms. The van der Waals surface area contributed by atoms with Crippen molar-refractivity contribution in [2.24, 2.45) is 0 Å². The molecule has 122 valence electrons. The number of benzene rings is 1. The fraction of sp³-hybridized carbons (Fsp3) is 0.500. The Morgan fingerprint density at radius 3 is 2.48 bits per heavy atom. The monoisotopic (exact) mass is 314 g/mol. The fourth-order valence-electron chi connectivity index (χ4n) is 2.82. The van der Waals surface area contributed by atoms with Crippen molar-refractivity contribution in [3.63, 3.8) is 0 Å². The third kappa shape index (κ3) is 4.28. The Bertz CT molecular complexity index is 602. The summed E-state index contributed by atoms with van der Waals surface area (Å²) in [5.41, 5.74) is 1.89. The Hall–Kier alpha value is -2.44. The van der Waals surface area contributed by atoms with E-state index >= 15 is 0 Å². The van der Waals surface area contributed by atoms with Crippen molar-refractivity contribution in [1.82, 2.24) is 25.5 Å². The van der Waals surface area contributed by atoms with Gasteiger partial charge in [-0.05, 0) is 47.5 Å². The molecule has 2 aromatic rings. The highest BCUT2D eigenvalue weighted by Crippen LogP contribution is 2.19. The van der Waals surface area contributed by atoms with Crippen LogP contribution in [0.1, 0.15) is 36.0 Å². The Morgan fingerprint density at radius 2 is 1.83 bits per heavy atom. The van der Waals surface area contributed by atoms with Crippen LogP contribution in [-0.4, -0.2) is 45.7 Å². The third-order valence-electron chi connectivity index (χ3n) is 4.12. The molecule has 3 rings (SSSR count). The standard InChI is InChI=1S/C16H22N6O/c23-16(17-9-12-22-13-18-19-20-22)14-5-7-15(8-6-14)21-10-3-1-2-4-11-21/h5-8,13H,1-4,9-12H2,(H,17,23). The second-order valence-corrected chi connectivity index (χ2v) is 5.78. The first-order valence-electron chi connectivity index (χ1n) is 8.17. The van der Waals surface area contributed by atoms with Gasteiger partial charge in [0.05, 0.1) is 6.54 Å². The molecule has 0 spiro atoms. The predicted molar refractivity (Wildman–Crippen MR) is 87.3 cm³/mol. The number of amides is 1. The van der Waals surface area contributed by atoms with Crippen molar-refractivity contribution in [2.75, 3.05) is 24.5 Å². The number of aromatic nitrogens is 4.